The van der Waals surface area contributed by atoms with E-state index in [-0.39, 0.29) is 29.6 Å². The first-order chi connectivity index (χ1) is 10.6. The van der Waals surface area contributed by atoms with Gasteiger partial charge in [0.1, 0.15) is 0 Å². The van der Waals surface area contributed by atoms with Crippen LogP contribution in [0.5, 0.6) is 0 Å². The van der Waals surface area contributed by atoms with Crippen molar-refractivity contribution in [2.75, 3.05) is 27.2 Å². The van der Waals surface area contributed by atoms with Crippen LogP contribution in [0.2, 0.25) is 0 Å². The average Bonchev–Trinajstić information content (AvgIpc) is 2.94. The van der Waals surface area contributed by atoms with Crippen LogP contribution in [0.4, 0.5) is 0 Å². The molecule has 0 aliphatic heterocycles. The van der Waals surface area contributed by atoms with Crippen LogP contribution < -0.4 is 10.6 Å². The number of aliphatic imine (C=N–C) groups is 1. The fourth-order valence-electron chi connectivity index (χ4n) is 2.24. The van der Waals surface area contributed by atoms with Crippen molar-refractivity contribution >= 4 is 40.8 Å². The van der Waals surface area contributed by atoms with Crippen LogP contribution in [0, 0.1) is 0 Å². The third kappa shape index (κ3) is 5.69. The molecule has 0 amide bonds. The molecule has 0 saturated carbocycles. The van der Waals surface area contributed by atoms with Gasteiger partial charge in [-0.25, -0.2) is 0 Å². The topological polar surface area (TPSA) is 61.4 Å². The van der Waals surface area contributed by atoms with Crippen LogP contribution in [-0.2, 0) is 11.2 Å². The number of ether oxygens (including phenoxy) is 1. The Morgan fingerprint density at radius 3 is 2.70 bits per heavy atom. The Balaban J connectivity index is 0.00000264. The zero-order valence-electron chi connectivity index (χ0n) is 14.3. The lowest BCUT2D eigenvalue weighted by atomic mass is 10.1. The van der Waals surface area contributed by atoms with Gasteiger partial charge in [-0.05, 0) is 31.9 Å². The molecule has 6 heteroatoms. The third-order valence-corrected chi connectivity index (χ3v) is 3.82. The normalized spacial score (nSPS) is 12.1. The molecule has 2 aromatic rings. The number of aromatic nitrogens is 1. The highest BCUT2D eigenvalue weighted by Crippen LogP contribution is 2.17. The van der Waals surface area contributed by atoms with E-state index in [9.17, 15) is 0 Å². The number of hydrogen-bond acceptors (Lipinski definition) is 2. The molecule has 0 aliphatic carbocycles. The second kappa shape index (κ2) is 9.12. The predicted molar refractivity (Wildman–Crippen MR) is 108 cm³/mol. The smallest absolute Gasteiger partial charge is 0.191 e. The Hall–Kier alpha value is -1.28. The molecule has 3 N–H and O–H groups in total. The summed E-state index contributed by atoms with van der Waals surface area (Å²) in [4.78, 5) is 7.54. The van der Waals surface area contributed by atoms with Crippen LogP contribution in [0.1, 0.15) is 19.4 Å². The minimum atomic E-state index is -0.214. The molecule has 5 nitrogen and oxygen atoms in total. The second-order valence-electron chi connectivity index (χ2n) is 5.93. The van der Waals surface area contributed by atoms with E-state index < -0.39 is 0 Å². The number of guanidine groups is 1. The number of rotatable bonds is 6. The third-order valence-electron chi connectivity index (χ3n) is 3.82. The first kappa shape index (κ1) is 19.8. The number of para-hydroxylation sites is 1. The molecule has 0 saturated heterocycles. The maximum Gasteiger partial charge on any atom is 0.191 e. The molecular weight excluding hydrogens is 403 g/mol. The van der Waals surface area contributed by atoms with Crippen molar-refractivity contribution < 1.29 is 4.74 Å². The van der Waals surface area contributed by atoms with Gasteiger partial charge in [-0.1, -0.05) is 18.2 Å². The summed E-state index contributed by atoms with van der Waals surface area (Å²) < 4.78 is 5.39. The number of nitrogens with zero attached hydrogens (tertiary/aromatic N) is 1. The highest BCUT2D eigenvalue weighted by atomic mass is 127. The maximum atomic E-state index is 5.39. The van der Waals surface area contributed by atoms with Gasteiger partial charge in [0.05, 0.1) is 5.60 Å². The summed E-state index contributed by atoms with van der Waals surface area (Å²) in [7, 11) is 3.50. The van der Waals surface area contributed by atoms with Crippen molar-refractivity contribution in [2.24, 2.45) is 4.99 Å². The van der Waals surface area contributed by atoms with Crippen molar-refractivity contribution in [3.8, 4) is 0 Å². The van der Waals surface area contributed by atoms with E-state index in [1.807, 2.05) is 19.9 Å². The second-order valence-corrected chi connectivity index (χ2v) is 5.93. The number of hydrogen-bond donors (Lipinski definition) is 3. The summed E-state index contributed by atoms with van der Waals surface area (Å²) in [5, 5.41) is 7.91. The van der Waals surface area contributed by atoms with E-state index in [1.165, 1.54) is 16.5 Å². The Kier molecular flexibility index (Phi) is 7.84. The number of benzene rings is 1. The van der Waals surface area contributed by atoms with E-state index in [1.54, 1.807) is 14.2 Å². The van der Waals surface area contributed by atoms with Crippen LogP contribution in [-0.4, -0.2) is 43.8 Å². The van der Waals surface area contributed by atoms with Gasteiger partial charge in [0, 0.05) is 44.3 Å². The molecule has 0 radical (unpaired) electrons. The zero-order valence-corrected chi connectivity index (χ0v) is 16.6. The summed E-state index contributed by atoms with van der Waals surface area (Å²) in [6.45, 7) is 5.61. The summed E-state index contributed by atoms with van der Waals surface area (Å²) >= 11 is 0. The number of aromatic amines is 1. The van der Waals surface area contributed by atoms with Crippen molar-refractivity contribution in [1.29, 1.82) is 0 Å². The summed E-state index contributed by atoms with van der Waals surface area (Å²) in [6, 6.07) is 8.36. The van der Waals surface area contributed by atoms with Crippen LogP contribution in [0.3, 0.4) is 0 Å². The molecule has 0 aliphatic rings. The standard InChI is InChI=1S/C17H26N4O.HI/c1-17(2,22-4)12-21-16(18-3)19-10-9-13-11-20-15-8-6-5-7-14(13)15;/h5-8,11,20H,9-10,12H2,1-4H3,(H2,18,19,21);1H. The SMILES string of the molecule is CN=C(NCCc1c[nH]c2ccccc12)NCC(C)(C)OC.I. The minimum Gasteiger partial charge on any atom is -0.377 e. The fourth-order valence-corrected chi connectivity index (χ4v) is 2.24. The van der Waals surface area contributed by atoms with Crippen molar-refractivity contribution in [3.63, 3.8) is 0 Å². The Morgan fingerprint density at radius 1 is 1.26 bits per heavy atom. The first-order valence-electron chi connectivity index (χ1n) is 7.60. The zero-order chi connectivity index (χ0) is 16.0. The van der Waals surface area contributed by atoms with Crippen molar-refractivity contribution in [3.05, 3.63) is 36.0 Å². The number of H-pyrrole nitrogens is 1. The number of methoxy groups -OCH3 is 1. The fraction of sp³-hybridized carbons (Fsp3) is 0.471. The maximum absolute atomic E-state index is 5.39. The molecule has 0 unspecified atom stereocenters. The highest BCUT2D eigenvalue weighted by Gasteiger charge is 2.16. The Morgan fingerprint density at radius 2 is 2.00 bits per heavy atom. The van der Waals surface area contributed by atoms with Crippen LogP contribution >= 0.6 is 24.0 Å². The number of nitrogens with one attached hydrogen (secondary N) is 3. The van der Waals surface area contributed by atoms with Gasteiger partial charge in [0.25, 0.3) is 0 Å². The monoisotopic (exact) mass is 430 g/mol. The lowest BCUT2D eigenvalue weighted by molar-refractivity contribution is 0.0268. The average molecular weight is 430 g/mol. The molecule has 1 aromatic heterocycles. The van der Waals surface area contributed by atoms with Gasteiger partial charge in [-0.3, -0.25) is 4.99 Å². The molecule has 0 bridgehead atoms. The molecule has 1 heterocycles. The largest absolute Gasteiger partial charge is 0.377 e. The van der Waals surface area contributed by atoms with Gasteiger partial charge in [0.2, 0.25) is 0 Å². The van der Waals surface area contributed by atoms with Gasteiger partial charge >= 0.3 is 0 Å². The van der Waals surface area contributed by atoms with E-state index in [0.717, 1.165) is 18.9 Å². The van der Waals surface area contributed by atoms with Crippen molar-refractivity contribution in [2.45, 2.75) is 25.9 Å². The molecular formula is C17H27IN4O. The minimum absolute atomic E-state index is 0. The van der Waals surface area contributed by atoms with Gasteiger partial charge in [-0.15, -0.1) is 24.0 Å². The van der Waals surface area contributed by atoms with E-state index in [2.05, 4.69) is 45.0 Å². The van der Waals surface area contributed by atoms with Crippen LogP contribution in [0.25, 0.3) is 10.9 Å². The van der Waals surface area contributed by atoms with Crippen LogP contribution in [0.15, 0.2) is 35.5 Å². The quantitative estimate of drug-likeness (QED) is 0.375. The predicted octanol–water partition coefficient (Wildman–Crippen LogP) is 2.92. The molecule has 128 valence electrons. The summed E-state index contributed by atoms with van der Waals surface area (Å²) in [6.07, 6.45) is 3.02. The van der Waals surface area contributed by atoms with E-state index >= 15 is 0 Å². The highest BCUT2D eigenvalue weighted by molar-refractivity contribution is 14.0. The molecule has 0 atom stereocenters. The van der Waals surface area contributed by atoms with Gasteiger partial charge < -0.3 is 20.4 Å². The summed E-state index contributed by atoms with van der Waals surface area (Å²) in [5.74, 6) is 0.796. The van der Waals surface area contributed by atoms with Gasteiger partial charge in [0.15, 0.2) is 5.96 Å². The Labute approximate surface area is 155 Å². The first-order valence-corrected chi connectivity index (χ1v) is 7.60. The van der Waals surface area contributed by atoms with E-state index in [4.69, 9.17) is 4.74 Å². The Bertz CT molecular complexity index is 636. The van der Waals surface area contributed by atoms with E-state index in [0.29, 0.717) is 6.54 Å². The molecule has 2 rings (SSSR count). The molecule has 0 fully saturated rings. The van der Waals surface area contributed by atoms with Crippen molar-refractivity contribution in [1.82, 2.24) is 15.6 Å². The van der Waals surface area contributed by atoms with Gasteiger partial charge in [-0.2, -0.15) is 0 Å². The molecule has 0 spiro atoms. The number of fused-ring (bicyclic) bond motifs is 1. The molecule has 1 aromatic carbocycles. The lowest BCUT2D eigenvalue weighted by Gasteiger charge is -2.24. The lowest BCUT2D eigenvalue weighted by Crippen LogP contribution is -2.45. The molecule has 23 heavy (non-hydrogen) atoms. The number of halogens is 1. The summed E-state index contributed by atoms with van der Waals surface area (Å²) in [5.41, 5.74) is 2.28.